The molecule has 0 saturated carbocycles. The van der Waals surface area contributed by atoms with Gasteiger partial charge in [-0.25, -0.2) is 14.3 Å². The minimum absolute atomic E-state index is 0.0184. The first kappa shape index (κ1) is 17.4. The molecular weight excluding hydrogens is 324 g/mol. The van der Waals surface area contributed by atoms with Crippen molar-refractivity contribution in [3.8, 4) is 0 Å². The molecule has 1 aliphatic rings. The standard InChI is InChI=1S/C17H22N4O4/c1-9-5-12(7-22)25-15(9)13-6-11(4-10(2)17(23)24-3)14-16(18)19-8-20-21(13)14/h4,6,8-9,12,15,22H,5,7H2,1-3H3,(H2,18,19,20)/b10-4+. The number of carbonyl (C=O) groups is 1. The molecule has 0 spiro atoms. The second-order valence-electron chi connectivity index (χ2n) is 6.32. The molecule has 25 heavy (non-hydrogen) atoms. The Hall–Kier alpha value is -2.45. The zero-order valence-electron chi connectivity index (χ0n) is 14.5. The molecule has 2 aromatic rings. The number of esters is 1. The minimum atomic E-state index is -0.415. The number of aromatic nitrogens is 3. The quantitative estimate of drug-likeness (QED) is 0.635. The molecule has 0 aliphatic carbocycles. The molecule has 134 valence electrons. The number of ether oxygens (including phenoxy) is 2. The highest BCUT2D eigenvalue weighted by atomic mass is 16.5. The predicted octanol–water partition coefficient (Wildman–Crippen LogP) is 1.35. The van der Waals surface area contributed by atoms with Crippen LogP contribution in [-0.2, 0) is 14.3 Å². The lowest BCUT2D eigenvalue weighted by Crippen LogP contribution is -2.12. The number of nitrogens with zero attached hydrogens (tertiary/aromatic N) is 3. The van der Waals surface area contributed by atoms with Gasteiger partial charge in [0.1, 0.15) is 17.9 Å². The van der Waals surface area contributed by atoms with Gasteiger partial charge >= 0.3 is 5.97 Å². The monoisotopic (exact) mass is 346 g/mol. The summed E-state index contributed by atoms with van der Waals surface area (Å²) in [7, 11) is 1.34. The number of aliphatic hydroxyl groups excluding tert-OH is 1. The number of hydrogen-bond acceptors (Lipinski definition) is 7. The first-order valence-corrected chi connectivity index (χ1v) is 8.11. The Morgan fingerprint density at radius 2 is 2.36 bits per heavy atom. The second kappa shape index (κ2) is 6.81. The Labute approximate surface area is 145 Å². The number of anilines is 1. The Bertz CT molecular complexity index is 829. The van der Waals surface area contributed by atoms with Gasteiger partial charge in [0.15, 0.2) is 5.82 Å². The fourth-order valence-corrected chi connectivity index (χ4v) is 3.30. The molecule has 0 aromatic carbocycles. The van der Waals surface area contributed by atoms with Gasteiger partial charge in [0.2, 0.25) is 0 Å². The maximum absolute atomic E-state index is 11.7. The van der Waals surface area contributed by atoms with Gasteiger partial charge in [-0.3, -0.25) is 0 Å². The molecule has 3 atom stereocenters. The lowest BCUT2D eigenvalue weighted by molar-refractivity contribution is -0.135. The highest BCUT2D eigenvalue weighted by Crippen LogP contribution is 2.39. The van der Waals surface area contributed by atoms with E-state index >= 15 is 0 Å². The first-order valence-electron chi connectivity index (χ1n) is 8.11. The van der Waals surface area contributed by atoms with Crippen LogP contribution < -0.4 is 5.73 Å². The van der Waals surface area contributed by atoms with Crippen molar-refractivity contribution in [2.45, 2.75) is 32.5 Å². The fourth-order valence-electron chi connectivity index (χ4n) is 3.30. The van der Waals surface area contributed by atoms with Gasteiger partial charge in [-0.2, -0.15) is 5.10 Å². The molecule has 1 fully saturated rings. The summed E-state index contributed by atoms with van der Waals surface area (Å²) in [6.45, 7) is 3.72. The number of rotatable bonds is 4. The van der Waals surface area contributed by atoms with Crippen molar-refractivity contribution in [3.05, 3.63) is 29.2 Å². The lowest BCUT2D eigenvalue weighted by atomic mass is 9.99. The van der Waals surface area contributed by atoms with Crippen molar-refractivity contribution in [1.82, 2.24) is 14.6 Å². The molecule has 1 aliphatic heterocycles. The predicted molar refractivity (Wildman–Crippen MR) is 91.5 cm³/mol. The van der Waals surface area contributed by atoms with E-state index in [1.54, 1.807) is 17.5 Å². The van der Waals surface area contributed by atoms with E-state index in [2.05, 4.69) is 17.0 Å². The molecule has 0 amide bonds. The first-order chi connectivity index (χ1) is 12.0. The summed E-state index contributed by atoms with van der Waals surface area (Å²) in [5.41, 5.74) is 8.64. The maximum Gasteiger partial charge on any atom is 0.333 e. The number of nitrogen functional groups attached to an aromatic ring is 1. The Morgan fingerprint density at radius 3 is 3.00 bits per heavy atom. The smallest absolute Gasteiger partial charge is 0.333 e. The summed E-state index contributed by atoms with van der Waals surface area (Å²) >= 11 is 0. The fraction of sp³-hybridized carbons (Fsp3) is 0.471. The molecule has 3 heterocycles. The van der Waals surface area contributed by atoms with E-state index in [1.807, 2.05) is 6.07 Å². The van der Waals surface area contributed by atoms with Gasteiger partial charge in [0.25, 0.3) is 0 Å². The zero-order chi connectivity index (χ0) is 18.1. The molecule has 3 rings (SSSR count). The third-order valence-electron chi connectivity index (χ3n) is 4.50. The highest BCUT2D eigenvalue weighted by Gasteiger charge is 2.35. The van der Waals surface area contributed by atoms with E-state index in [9.17, 15) is 9.90 Å². The maximum atomic E-state index is 11.7. The Balaban J connectivity index is 2.12. The van der Waals surface area contributed by atoms with Crippen LogP contribution >= 0.6 is 0 Å². The number of methoxy groups -OCH3 is 1. The summed E-state index contributed by atoms with van der Waals surface area (Å²) in [4.78, 5) is 15.8. The number of nitrogens with two attached hydrogens (primary N) is 1. The van der Waals surface area contributed by atoms with Crippen molar-refractivity contribution >= 4 is 23.4 Å². The van der Waals surface area contributed by atoms with Crippen LogP contribution in [0.5, 0.6) is 0 Å². The van der Waals surface area contributed by atoms with Crippen LogP contribution in [0.3, 0.4) is 0 Å². The van der Waals surface area contributed by atoms with Crippen molar-refractivity contribution < 1.29 is 19.4 Å². The van der Waals surface area contributed by atoms with E-state index in [0.717, 1.165) is 17.7 Å². The molecule has 3 unspecified atom stereocenters. The molecule has 3 N–H and O–H groups in total. The lowest BCUT2D eigenvalue weighted by Gasteiger charge is -2.14. The molecule has 8 heteroatoms. The summed E-state index contributed by atoms with van der Waals surface area (Å²) in [6, 6.07) is 1.90. The third-order valence-corrected chi connectivity index (χ3v) is 4.50. The normalized spacial score (nSPS) is 24.0. The van der Waals surface area contributed by atoms with Crippen molar-refractivity contribution in [3.63, 3.8) is 0 Å². The van der Waals surface area contributed by atoms with Crippen molar-refractivity contribution in [2.75, 3.05) is 19.5 Å². The Morgan fingerprint density at radius 1 is 1.60 bits per heavy atom. The van der Waals surface area contributed by atoms with E-state index in [0.29, 0.717) is 16.9 Å². The van der Waals surface area contributed by atoms with Gasteiger partial charge in [0, 0.05) is 11.1 Å². The van der Waals surface area contributed by atoms with Crippen LogP contribution in [0.4, 0.5) is 5.82 Å². The van der Waals surface area contributed by atoms with E-state index in [4.69, 9.17) is 15.2 Å². The average Bonchev–Trinajstić information content (AvgIpc) is 3.15. The van der Waals surface area contributed by atoms with Crippen LogP contribution in [0, 0.1) is 5.92 Å². The van der Waals surface area contributed by atoms with Crippen LogP contribution in [0.2, 0.25) is 0 Å². The molecule has 0 bridgehead atoms. The molecule has 2 aromatic heterocycles. The summed E-state index contributed by atoms with van der Waals surface area (Å²) < 4.78 is 12.4. The van der Waals surface area contributed by atoms with Crippen molar-refractivity contribution in [1.29, 1.82) is 0 Å². The molecule has 0 radical (unpaired) electrons. The van der Waals surface area contributed by atoms with Gasteiger partial charge in [-0.15, -0.1) is 0 Å². The van der Waals surface area contributed by atoms with Crippen molar-refractivity contribution in [2.24, 2.45) is 5.92 Å². The van der Waals surface area contributed by atoms with Gasteiger partial charge in [0.05, 0.1) is 25.5 Å². The number of hydrogen-bond donors (Lipinski definition) is 2. The van der Waals surface area contributed by atoms with E-state index in [1.165, 1.54) is 13.4 Å². The SMILES string of the molecule is COC(=O)/C(C)=C/c1cc(C2OC(CO)CC2C)n2ncnc(N)c12. The van der Waals surface area contributed by atoms with Crippen LogP contribution in [0.15, 0.2) is 18.0 Å². The summed E-state index contributed by atoms with van der Waals surface area (Å²) in [6.07, 6.45) is 3.44. The third kappa shape index (κ3) is 3.10. The summed E-state index contributed by atoms with van der Waals surface area (Å²) in [5, 5.41) is 13.7. The van der Waals surface area contributed by atoms with Gasteiger partial charge < -0.3 is 20.3 Å². The minimum Gasteiger partial charge on any atom is -0.466 e. The molecule has 8 nitrogen and oxygen atoms in total. The average molecular weight is 346 g/mol. The number of aliphatic hydroxyl groups is 1. The van der Waals surface area contributed by atoms with E-state index < -0.39 is 5.97 Å². The number of carbonyl (C=O) groups excluding carboxylic acids is 1. The van der Waals surface area contributed by atoms with Crippen LogP contribution in [0.1, 0.15) is 37.6 Å². The van der Waals surface area contributed by atoms with Gasteiger partial charge in [-0.1, -0.05) is 6.92 Å². The molecular formula is C17H22N4O4. The second-order valence-corrected chi connectivity index (χ2v) is 6.32. The molecule has 1 saturated heterocycles. The van der Waals surface area contributed by atoms with Gasteiger partial charge in [-0.05, 0) is 31.4 Å². The van der Waals surface area contributed by atoms with E-state index in [-0.39, 0.29) is 24.7 Å². The highest BCUT2D eigenvalue weighted by molar-refractivity contribution is 5.95. The summed E-state index contributed by atoms with van der Waals surface area (Å²) in [5.74, 6) is 0.113. The zero-order valence-corrected chi connectivity index (χ0v) is 14.5. The Kier molecular flexibility index (Phi) is 4.73. The number of fused-ring (bicyclic) bond motifs is 1. The van der Waals surface area contributed by atoms with Crippen LogP contribution in [0.25, 0.3) is 11.6 Å². The topological polar surface area (TPSA) is 112 Å². The van der Waals surface area contributed by atoms with Crippen LogP contribution in [-0.4, -0.2) is 45.5 Å². The largest absolute Gasteiger partial charge is 0.466 e.